The van der Waals surface area contributed by atoms with Crippen molar-refractivity contribution < 1.29 is 52.2 Å². The summed E-state index contributed by atoms with van der Waals surface area (Å²) in [6, 6.07) is 7.18. The molecule has 0 spiro atoms. The highest BCUT2D eigenvalue weighted by atomic mass is 16.6. The first-order valence-electron chi connectivity index (χ1n) is 13.9. The van der Waals surface area contributed by atoms with Crippen molar-refractivity contribution in [3.63, 3.8) is 0 Å². The molecule has 0 heterocycles. The molecule has 12 heteroatoms. The average Bonchev–Trinajstić information content (AvgIpc) is 2.95. The molecule has 0 aliphatic heterocycles. The van der Waals surface area contributed by atoms with Gasteiger partial charge in [0.15, 0.2) is 0 Å². The summed E-state index contributed by atoms with van der Waals surface area (Å²) in [5.74, 6) is 0.614. The molecule has 0 bridgehead atoms. The summed E-state index contributed by atoms with van der Waals surface area (Å²) in [5.41, 5.74) is 0.734. The van der Waals surface area contributed by atoms with Crippen molar-refractivity contribution in [2.75, 3.05) is 131 Å². The van der Waals surface area contributed by atoms with Gasteiger partial charge < -0.3 is 52.7 Å². The van der Waals surface area contributed by atoms with Crippen molar-refractivity contribution in [2.24, 2.45) is 0 Å². The van der Waals surface area contributed by atoms with E-state index in [0.717, 1.165) is 11.4 Å². The number of hydrogen-bond acceptors (Lipinski definition) is 11. The lowest BCUT2D eigenvalue weighted by Gasteiger charge is -2.09. The van der Waals surface area contributed by atoms with Gasteiger partial charge in [-0.2, -0.15) is 0 Å². The van der Waals surface area contributed by atoms with E-state index >= 15 is 0 Å². The molecule has 232 valence electrons. The lowest BCUT2D eigenvalue weighted by atomic mass is 10.3. The number of amides is 1. The van der Waals surface area contributed by atoms with Crippen LogP contribution in [0.2, 0.25) is 0 Å². The molecule has 0 unspecified atom stereocenters. The minimum absolute atomic E-state index is 0.106. The van der Waals surface area contributed by atoms with Crippen molar-refractivity contribution in [2.45, 2.75) is 13.8 Å². The first-order chi connectivity index (χ1) is 19.7. The Morgan fingerprint density at radius 2 is 0.800 bits per heavy atom. The first-order valence-corrected chi connectivity index (χ1v) is 13.9. The zero-order valence-corrected chi connectivity index (χ0v) is 24.2. The molecule has 0 atom stereocenters. The van der Waals surface area contributed by atoms with E-state index < -0.39 is 0 Å². The van der Waals surface area contributed by atoms with E-state index in [0.29, 0.717) is 126 Å². The van der Waals surface area contributed by atoms with Gasteiger partial charge in [0.25, 0.3) is 0 Å². The largest absolute Gasteiger partial charge is 0.491 e. The van der Waals surface area contributed by atoms with Gasteiger partial charge in [-0.05, 0) is 31.2 Å². The summed E-state index contributed by atoms with van der Waals surface area (Å²) >= 11 is 0. The van der Waals surface area contributed by atoms with Crippen molar-refractivity contribution in [3.05, 3.63) is 24.3 Å². The molecule has 0 fully saturated rings. The highest BCUT2D eigenvalue weighted by Crippen LogP contribution is 2.15. The molecule has 0 aliphatic rings. The van der Waals surface area contributed by atoms with Gasteiger partial charge in [-0.1, -0.05) is 0 Å². The molecular weight excluding hydrogens is 526 g/mol. The summed E-state index contributed by atoms with van der Waals surface area (Å²) < 4.78 is 54.3. The van der Waals surface area contributed by atoms with E-state index in [1.165, 1.54) is 6.92 Å². The fraction of sp³-hybridized carbons (Fsp3) is 0.750. The zero-order valence-electron chi connectivity index (χ0n) is 24.2. The molecule has 0 saturated carbocycles. The number of hydrogen-bond donors (Lipinski definition) is 1. The molecule has 0 saturated heterocycles. The Bertz CT molecular complexity index is 679. The number of rotatable bonds is 30. The average molecular weight is 576 g/mol. The fourth-order valence-corrected chi connectivity index (χ4v) is 2.96. The quantitative estimate of drug-likeness (QED) is 0.136. The lowest BCUT2D eigenvalue weighted by Crippen LogP contribution is -2.15. The van der Waals surface area contributed by atoms with E-state index in [4.69, 9.17) is 47.4 Å². The molecule has 12 nitrogen and oxygen atoms in total. The third-order valence-electron chi connectivity index (χ3n) is 4.85. The van der Waals surface area contributed by atoms with Crippen LogP contribution in [0.5, 0.6) is 5.75 Å². The SMILES string of the molecule is CCOCCOCCOCCOCCOCCOCCOCCOCCOCCOc1ccc(NC(C)=O)cc1. The van der Waals surface area contributed by atoms with E-state index in [9.17, 15) is 4.79 Å². The van der Waals surface area contributed by atoms with Gasteiger partial charge in [0, 0.05) is 19.2 Å². The summed E-state index contributed by atoms with van der Waals surface area (Å²) in [4.78, 5) is 11.0. The van der Waals surface area contributed by atoms with Crippen molar-refractivity contribution >= 4 is 11.6 Å². The standard InChI is InChI=1S/C28H49NO11/c1-3-31-8-9-32-10-11-33-12-13-34-14-15-35-16-17-36-18-19-37-20-21-38-22-23-39-24-25-40-28-6-4-27(5-7-28)29-26(2)30/h4-7H,3,8-25H2,1-2H3,(H,29,30). The molecule has 1 aromatic rings. The second-order valence-corrected chi connectivity index (χ2v) is 8.15. The normalized spacial score (nSPS) is 11.2. The molecule has 0 aromatic heterocycles. The second kappa shape index (κ2) is 28.7. The predicted octanol–water partition coefficient (Wildman–Crippen LogP) is 2.19. The minimum Gasteiger partial charge on any atom is -0.491 e. The summed E-state index contributed by atoms with van der Waals surface area (Å²) in [5, 5.41) is 2.71. The number of anilines is 1. The predicted molar refractivity (Wildman–Crippen MR) is 149 cm³/mol. The van der Waals surface area contributed by atoms with Crippen LogP contribution in [-0.4, -0.2) is 131 Å². The molecule has 40 heavy (non-hydrogen) atoms. The van der Waals surface area contributed by atoms with E-state index in [1.54, 1.807) is 24.3 Å². The molecule has 1 N–H and O–H groups in total. The van der Waals surface area contributed by atoms with Crippen LogP contribution >= 0.6 is 0 Å². The van der Waals surface area contributed by atoms with E-state index in [-0.39, 0.29) is 5.91 Å². The highest BCUT2D eigenvalue weighted by molar-refractivity contribution is 5.88. The number of benzene rings is 1. The maximum absolute atomic E-state index is 11.0. The highest BCUT2D eigenvalue weighted by Gasteiger charge is 1.98. The third-order valence-corrected chi connectivity index (χ3v) is 4.85. The Labute approximate surface area is 238 Å². The molecular formula is C28H49NO11. The Balaban J connectivity index is 1.69. The van der Waals surface area contributed by atoms with Gasteiger partial charge in [-0.15, -0.1) is 0 Å². The zero-order chi connectivity index (χ0) is 28.8. The molecule has 1 amide bonds. The van der Waals surface area contributed by atoms with Gasteiger partial charge in [0.1, 0.15) is 12.4 Å². The lowest BCUT2D eigenvalue weighted by molar-refractivity contribution is -0.114. The Morgan fingerprint density at radius 1 is 0.500 bits per heavy atom. The van der Waals surface area contributed by atoms with Gasteiger partial charge in [0.05, 0.1) is 112 Å². The fourth-order valence-electron chi connectivity index (χ4n) is 2.96. The van der Waals surface area contributed by atoms with Crippen molar-refractivity contribution in [1.29, 1.82) is 0 Å². The van der Waals surface area contributed by atoms with Gasteiger partial charge in [-0.25, -0.2) is 0 Å². The Hall–Kier alpha value is -1.87. The van der Waals surface area contributed by atoms with Crippen molar-refractivity contribution in [3.8, 4) is 5.75 Å². The van der Waals surface area contributed by atoms with Crippen LogP contribution in [0, 0.1) is 0 Å². The Morgan fingerprint density at radius 3 is 1.10 bits per heavy atom. The number of carbonyl (C=O) groups excluding carboxylic acids is 1. The van der Waals surface area contributed by atoms with Gasteiger partial charge in [-0.3, -0.25) is 4.79 Å². The molecule has 1 rings (SSSR count). The van der Waals surface area contributed by atoms with Crippen LogP contribution in [0.25, 0.3) is 0 Å². The van der Waals surface area contributed by atoms with Crippen LogP contribution in [-0.2, 0) is 47.4 Å². The number of nitrogens with one attached hydrogen (secondary N) is 1. The topological polar surface area (TPSA) is 121 Å². The van der Waals surface area contributed by atoms with Crippen LogP contribution in [0.3, 0.4) is 0 Å². The van der Waals surface area contributed by atoms with Crippen LogP contribution in [0.1, 0.15) is 13.8 Å². The number of carbonyl (C=O) groups is 1. The minimum atomic E-state index is -0.106. The summed E-state index contributed by atoms with van der Waals surface area (Å²) in [6.45, 7) is 13.5. The molecule has 1 aromatic carbocycles. The maximum Gasteiger partial charge on any atom is 0.221 e. The van der Waals surface area contributed by atoms with Crippen LogP contribution in [0.4, 0.5) is 5.69 Å². The number of ether oxygens (including phenoxy) is 10. The molecule has 0 aliphatic carbocycles. The molecule has 0 radical (unpaired) electrons. The van der Waals surface area contributed by atoms with E-state index in [1.807, 2.05) is 6.92 Å². The smallest absolute Gasteiger partial charge is 0.221 e. The van der Waals surface area contributed by atoms with Gasteiger partial charge >= 0.3 is 0 Å². The second-order valence-electron chi connectivity index (χ2n) is 8.15. The third kappa shape index (κ3) is 25.1. The van der Waals surface area contributed by atoms with Crippen LogP contribution in [0.15, 0.2) is 24.3 Å². The Kier molecular flexibility index (Phi) is 25.9. The monoisotopic (exact) mass is 575 g/mol. The summed E-state index contributed by atoms with van der Waals surface area (Å²) in [7, 11) is 0. The summed E-state index contributed by atoms with van der Waals surface area (Å²) in [6.07, 6.45) is 0. The van der Waals surface area contributed by atoms with Crippen LogP contribution < -0.4 is 10.1 Å². The van der Waals surface area contributed by atoms with Crippen molar-refractivity contribution in [1.82, 2.24) is 0 Å². The maximum atomic E-state index is 11.0. The van der Waals surface area contributed by atoms with E-state index in [2.05, 4.69) is 5.32 Å². The van der Waals surface area contributed by atoms with Gasteiger partial charge in [0.2, 0.25) is 5.91 Å². The first kappa shape index (κ1) is 36.2.